The molecule has 1 aromatic heterocycles. The number of fused-ring (bicyclic) bond motifs is 1. The summed E-state index contributed by atoms with van der Waals surface area (Å²) in [5.41, 5.74) is 1.43. The highest BCUT2D eigenvalue weighted by atomic mass is 19.1. The largest absolute Gasteiger partial charge is 0.375 e. The molecule has 2 saturated carbocycles. The molecule has 2 aliphatic carbocycles. The molecule has 0 spiro atoms. The van der Waals surface area contributed by atoms with Gasteiger partial charge in [-0.05, 0) is 111 Å². The van der Waals surface area contributed by atoms with Gasteiger partial charge in [0.15, 0.2) is 0 Å². The van der Waals surface area contributed by atoms with Crippen molar-refractivity contribution in [3.05, 3.63) is 111 Å². The van der Waals surface area contributed by atoms with Crippen molar-refractivity contribution in [2.75, 3.05) is 72.0 Å². The van der Waals surface area contributed by atoms with Gasteiger partial charge in [-0.3, -0.25) is 33.7 Å². The van der Waals surface area contributed by atoms with Gasteiger partial charge in [0, 0.05) is 83.2 Å². The molecule has 4 aliphatic heterocycles. The van der Waals surface area contributed by atoms with E-state index < -0.39 is 29.5 Å². The number of aromatic nitrogens is 2. The fraction of sp³-hybridized carbons (Fsp3) is 0.554. The molecule has 15 nitrogen and oxygen atoms in total. The first-order chi connectivity index (χ1) is 35.5. The highest BCUT2D eigenvalue weighted by Gasteiger charge is 2.39. The van der Waals surface area contributed by atoms with Crippen molar-refractivity contribution in [3.8, 4) is 0 Å². The van der Waals surface area contributed by atoms with Crippen LogP contribution in [0.25, 0.3) is 10.8 Å². The fourth-order valence-corrected chi connectivity index (χ4v) is 12.0. The Balaban J connectivity index is 0.659. The maximum absolute atomic E-state index is 16.2. The van der Waals surface area contributed by atoms with Crippen molar-refractivity contribution in [2.24, 2.45) is 11.8 Å². The second kappa shape index (κ2) is 22.6. The third kappa shape index (κ3) is 11.7. The van der Waals surface area contributed by atoms with Crippen molar-refractivity contribution >= 4 is 40.3 Å². The number of likely N-dealkylation sites (tertiary alicyclic amines) is 3. The molecule has 388 valence electrons. The van der Waals surface area contributed by atoms with E-state index in [1.807, 2.05) is 21.9 Å². The Morgan fingerprint density at radius 1 is 0.671 bits per heavy atom. The van der Waals surface area contributed by atoms with Crippen LogP contribution in [-0.4, -0.2) is 154 Å². The monoisotopic (exact) mass is 1000 g/mol. The second-order valence-corrected chi connectivity index (χ2v) is 21.3. The average Bonchev–Trinajstić information content (AvgIpc) is 4.28. The van der Waals surface area contributed by atoms with Crippen molar-refractivity contribution in [3.63, 3.8) is 0 Å². The molecule has 5 heterocycles. The van der Waals surface area contributed by atoms with Crippen molar-refractivity contribution in [1.82, 2.24) is 40.0 Å². The molecule has 2 N–H and O–H groups in total. The smallest absolute Gasteiger partial charge is 0.272 e. The van der Waals surface area contributed by atoms with Crippen LogP contribution >= 0.6 is 0 Å². The van der Waals surface area contributed by atoms with Crippen LogP contribution in [0.15, 0.2) is 65.5 Å². The lowest BCUT2D eigenvalue weighted by Gasteiger charge is -2.40. The maximum Gasteiger partial charge on any atom is 0.272 e. The van der Waals surface area contributed by atoms with E-state index in [4.69, 9.17) is 4.74 Å². The number of nitrogens with one attached hydrogen (secondary N) is 2. The van der Waals surface area contributed by atoms with Gasteiger partial charge in [-0.1, -0.05) is 55.7 Å². The van der Waals surface area contributed by atoms with Gasteiger partial charge in [-0.15, -0.1) is 0 Å². The molecule has 17 heteroatoms. The number of rotatable bonds is 13. The summed E-state index contributed by atoms with van der Waals surface area (Å²) in [6.07, 6.45) is 11.2. The summed E-state index contributed by atoms with van der Waals surface area (Å²) < 4.78 is 37.9. The van der Waals surface area contributed by atoms with Crippen molar-refractivity contribution in [2.45, 2.75) is 114 Å². The summed E-state index contributed by atoms with van der Waals surface area (Å²) in [5.74, 6) is -2.00. The topological polar surface area (TPSA) is 169 Å². The zero-order valence-electron chi connectivity index (χ0n) is 41.7. The summed E-state index contributed by atoms with van der Waals surface area (Å²) in [6.45, 7) is 5.17. The van der Waals surface area contributed by atoms with E-state index in [1.54, 1.807) is 46.2 Å². The van der Waals surface area contributed by atoms with Crippen LogP contribution < -0.4 is 10.9 Å². The van der Waals surface area contributed by atoms with Gasteiger partial charge in [0.05, 0.1) is 41.0 Å². The number of benzene rings is 3. The first kappa shape index (κ1) is 50.5. The van der Waals surface area contributed by atoms with Gasteiger partial charge >= 0.3 is 0 Å². The number of piperidine rings is 3. The third-order valence-electron chi connectivity index (χ3n) is 16.5. The minimum atomic E-state index is -0.738. The van der Waals surface area contributed by atoms with Gasteiger partial charge < -0.3 is 29.7 Å². The number of piperazine rings is 1. The van der Waals surface area contributed by atoms with Crippen molar-refractivity contribution in [1.29, 1.82) is 0 Å². The normalized spacial score (nSPS) is 20.6. The lowest BCUT2D eigenvalue weighted by molar-refractivity contribution is -0.140. The zero-order valence-corrected chi connectivity index (χ0v) is 41.7. The third-order valence-corrected chi connectivity index (χ3v) is 16.5. The summed E-state index contributed by atoms with van der Waals surface area (Å²) in [5, 5.41) is 11.0. The van der Waals surface area contributed by atoms with Crippen LogP contribution in [-0.2, 0) is 25.5 Å². The number of ether oxygens (including phenoxy) is 1. The van der Waals surface area contributed by atoms with Gasteiger partial charge in [0.2, 0.25) is 17.7 Å². The molecule has 73 heavy (non-hydrogen) atoms. The molecule has 6 fully saturated rings. The predicted molar refractivity (Wildman–Crippen MR) is 270 cm³/mol. The van der Waals surface area contributed by atoms with Gasteiger partial charge in [-0.25, -0.2) is 13.9 Å². The quantitative estimate of drug-likeness (QED) is 0.162. The lowest BCUT2D eigenvalue weighted by atomic mass is 9.82. The van der Waals surface area contributed by atoms with Crippen LogP contribution in [0.1, 0.15) is 127 Å². The maximum atomic E-state index is 16.2. The first-order valence-corrected chi connectivity index (χ1v) is 26.8. The van der Waals surface area contributed by atoms with E-state index in [1.165, 1.54) is 12.1 Å². The van der Waals surface area contributed by atoms with E-state index in [0.29, 0.717) is 112 Å². The van der Waals surface area contributed by atoms with Gasteiger partial charge in [0.1, 0.15) is 17.7 Å². The Labute approximate surface area is 425 Å². The molecule has 3 aromatic carbocycles. The molecule has 6 aliphatic rings. The Morgan fingerprint density at radius 2 is 1.33 bits per heavy atom. The number of carbonyl (C=O) groups is 5. The molecule has 0 radical (unpaired) electrons. The van der Waals surface area contributed by atoms with Gasteiger partial charge in [0.25, 0.3) is 17.4 Å². The summed E-state index contributed by atoms with van der Waals surface area (Å²) in [7, 11) is 0. The standard InChI is InChI=1S/C56H68F2N8O7/c57-47-16-13-36(34-48-43-9-4-5-10-44(43)53(69)61-60-48)33-46(47)55(71)66-31-29-63(30-32-66)49(67)35-62-23-19-40(20-24-62)73-41-21-27-65(28-22-41)56(72)51(38-7-2-1-3-8-38)59-52(68)45-12-6-11-42(50(45)58)37-17-25-64(26-18-37)54(70)39-14-15-39/h4-6,9-13,16,33,37-41,51H,1-3,7-8,14-15,17-32,34-35H2,(H,59,68)(H,61,69). The Kier molecular flexibility index (Phi) is 15.6. The number of halogens is 2. The molecule has 1 unspecified atom stereocenters. The van der Waals surface area contributed by atoms with E-state index >= 15 is 8.78 Å². The zero-order chi connectivity index (χ0) is 50.6. The molecule has 1 atom stereocenters. The number of aromatic amines is 1. The minimum absolute atomic E-state index is 0.00628. The molecule has 4 saturated heterocycles. The van der Waals surface area contributed by atoms with E-state index in [0.717, 1.165) is 57.8 Å². The van der Waals surface area contributed by atoms with Gasteiger partial charge in [-0.2, -0.15) is 5.10 Å². The van der Waals surface area contributed by atoms with E-state index in [9.17, 15) is 28.8 Å². The minimum Gasteiger partial charge on any atom is -0.375 e. The van der Waals surface area contributed by atoms with E-state index in [-0.39, 0.29) is 84.0 Å². The highest BCUT2D eigenvalue weighted by Crippen LogP contribution is 2.36. The van der Waals surface area contributed by atoms with Crippen molar-refractivity contribution < 1.29 is 37.5 Å². The van der Waals surface area contributed by atoms with Crippen LogP contribution in [0.2, 0.25) is 0 Å². The number of hydrogen-bond donors (Lipinski definition) is 2. The number of H-pyrrole nitrogens is 1. The summed E-state index contributed by atoms with van der Waals surface area (Å²) >= 11 is 0. The molecule has 0 bridgehead atoms. The van der Waals surface area contributed by atoms with Crippen LogP contribution in [0.4, 0.5) is 8.78 Å². The highest BCUT2D eigenvalue weighted by molar-refractivity contribution is 5.98. The predicted octanol–water partition coefficient (Wildman–Crippen LogP) is 6.04. The summed E-state index contributed by atoms with van der Waals surface area (Å²) in [6, 6.07) is 15.8. The molecule has 10 rings (SSSR count). The summed E-state index contributed by atoms with van der Waals surface area (Å²) in [4.78, 5) is 89.5. The second-order valence-electron chi connectivity index (χ2n) is 21.3. The fourth-order valence-electron chi connectivity index (χ4n) is 12.0. The van der Waals surface area contributed by atoms with Crippen LogP contribution in [0, 0.1) is 23.5 Å². The number of carbonyl (C=O) groups excluding carboxylic acids is 5. The van der Waals surface area contributed by atoms with Crippen LogP contribution in [0.3, 0.4) is 0 Å². The molecule has 5 amide bonds. The number of hydrogen-bond acceptors (Lipinski definition) is 9. The number of amides is 5. The lowest BCUT2D eigenvalue weighted by Crippen LogP contribution is -2.55. The van der Waals surface area contributed by atoms with Crippen LogP contribution in [0.5, 0.6) is 0 Å². The average molecular weight is 1000 g/mol. The molecular formula is C56H68F2N8O7. The molecular weight excluding hydrogens is 935 g/mol. The Hall–Kier alpha value is -6.07. The first-order valence-electron chi connectivity index (χ1n) is 26.8. The Bertz CT molecular complexity index is 2730. The van der Waals surface area contributed by atoms with E-state index in [2.05, 4.69) is 20.4 Å². The number of nitrogens with zero attached hydrogens (tertiary/aromatic N) is 6. The SMILES string of the molecule is O=C(NC(C(=O)N1CCC(OC2CCN(CC(=O)N3CCN(C(=O)c4cc(Cc5n[nH]c(=O)c6ccccc56)ccc4F)CC3)CC2)CC1)C1CCCCC1)c1cccc(C2CCN(C(=O)C3CC3)CC2)c1F. The molecule has 4 aromatic rings. The Morgan fingerprint density at radius 3 is 2.03 bits per heavy atom.